The molecule has 0 aliphatic heterocycles. The highest BCUT2D eigenvalue weighted by Gasteiger charge is 2.11. The molecule has 1 atom stereocenters. The smallest absolute Gasteiger partial charge is 0.270 e. The lowest BCUT2D eigenvalue weighted by Crippen LogP contribution is -2.41. The molecule has 1 aromatic heterocycles. The largest absolute Gasteiger partial charge is 0.392 e. The lowest BCUT2D eigenvalue weighted by atomic mass is 10.3. The van der Waals surface area contributed by atoms with E-state index < -0.39 is 0 Å². The maximum atomic E-state index is 11.6. The topological polar surface area (TPSA) is 68.0 Å². The molecule has 0 saturated carbocycles. The number of nitrogens with one attached hydrogen (secondary N) is 1. The van der Waals surface area contributed by atoms with E-state index in [1.807, 2.05) is 0 Å². The summed E-state index contributed by atoms with van der Waals surface area (Å²) >= 11 is 7.98. The monoisotopic (exact) mass is 287 g/mol. The van der Waals surface area contributed by atoms with E-state index in [4.69, 9.17) is 18.0 Å². The molecule has 0 fully saturated rings. The van der Waals surface area contributed by atoms with E-state index in [2.05, 4.69) is 26.2 Å². The van der Waals surface area contributed by atoms with Gasteiger partial charge in [-0.3, -0.25) is 4.79 Å². The van der Waals surface area contributed by atoms with Gasteiger partial charge < -0.3 is 11.1 Å². The molecule has 1 rings (SSSR count). The van der Waals surface area contributed by atoms with Gasteiger partial charge in [-0.1, -0.05) is 12.2 Å². The fraction of sp³-hybridized carbons (Fsp3) is 0.222. The zero-order valence-corrected chi connectivity index (χ0v) is 10.4. The average molecular weight is 288 g/mol. The molecule has 0 radical (unpaired) electrons. The van der Waals surface area contributed by atoms with Gasteiger partial charge in [-0.15, -0.1) is 0 Å². The molecule has 0 aliphatic carbocycles. The number of thiocarbonyl (C=S) groups is 1. The van der Waals surface area contributed by atoms with E-state index >= 15 is 0 Å². The van der Waals surface area contributed by atoms with Gasteiger partial charge in [0.25, 0.3) is 5.91 Å². The Kier molecular flexibility index (Phi) is 4.16. The first-order valence-electron chi connectivity index (χ1n) is 4.22. The predicted octanol–water partition coefficient (Wildman–Crippen LogP) is 1.25. The van der Waals surface area contributed by atoms with Crippen molar-refractivity contribution >= 4 is 39.0 Å². The molecule has 1 amide bonds. The summed E-state index contributed by atoms with van der Waals surface area (Å²) in [4.78, 5) is 15.8. The lowest BCUT2D eigenvalue weighted by molar-refractivity contribution is 0.0944. The number of hydrogen-bond acceptors (Lipinski definition) is 3. The maximum absolute atomic E-state index is 11.6. The zero-order chi connectivity index (χ0) is 11.4. The van der Waals surface area contributed by atoms with Crippen molar-refractivity contribution < 1.29 is 4.79 Å². The van der Waals surface area contributed by atoms with Crippen LogP contribution in [0.2, 0.25) is 0 Å². The number of halogens is 1. The van der Waals surface area contributed by atoms with Gasteiger partial charge in [0.2, 0.25) is 0 Å². The molecule has 1 aromatic rings. The Balaban J connectivity index is 2.69. The minimum atomic E-state index is -0.335. The van der Waals surface area contributed by atoms with Crippen LogP contribution in [-0.4, -0.2) is 21.9 Å². The van der Waals surface area contributed by atoms with Crippen LogP contribution < -0.4 is 11.1 Å². The minimum absolute atomic E-state index is 0.250. The van der Waals surface area contributed by atoms with E-state index in [1.54, 1.807) is 25.3 Å². The van der Waals surface area contributed by atoms with Gasteiger partial charge in [-0.05, 0) is 35.0 Å². The number of carbonyl (C=O) groups is 1. The van der Waals surface area contributed by atoms with Crippen molar-refractivity contribution in [3.05, 3.63) is 28.5 Å². The SMILES string of the molecule is CC(NC(=O)c1ccc(Br)cn1)C(N)=S. The summed E-state index contributed by atoms with van der Waals surface area (Å²) in [6.45, 7) is 1.72. The molecule has 0 bridgehead atoms. The number of amides is 1. The third-order valence-corrected chi connectivity index (χ3v) is 2.56. The summed E-state index contributed by atoms with van der Waals surface area (Å²) in [6.07, 6.45) is 1.56. The van der Waals surface area contributed by atoms with Gasteiger partial charge >= 0.3 is 0 Å². The molecule has 4 nitrogen and oxygen atoms in total. The van der Waals surface area contributed by atoms with Gasteiger partial charge in [0.05, 0.1) is 11.0 Å². The summed E-state index contributed by atoms with van der Waals surface area (Å²) in [6, 6.07) is 3.02. The lowest BCUT2D eigenvalue weighted by Gasteiger charge is -2.11. The van der Waals surface area contributed by atoms with Gasteiger partial charge in [0.15, 0.2) is 0 Å². The second-order valence-corrected chi connectivity index (χ2v) is 4.35. The van der Waals surface area contributed by atoms with Crippen LogP contribution in [0.3, 0.4) is 0 Å². The second-order valence-electron chi connectivity index (χ2n) is 2.96. The molecule has 15 heavy (non-hydrogen) atoms. The van der Waals surface area contributed by atoms with Crippen molar-refractivity contribution in [2.24, 2.45) is 5.73 Å². The highest BCUT2D eigenvalue weighted by atomic mass is 79.9. The first-order chi connectivity index (χ1) is 7.00. The van der Waals surface area contributed by atoms with E-state index in [9.17, 15) is 4.79 Å². The van der Waals surface area contributed by atoms with E-state index in [0.29, 0.717) is 5.69 Å². The van der Waals surface area contributed by atoms with Crippen LogP contribution in [0.4, 0.5) is 0 Å². The Morgan fingerprint density at radius 2 is 2.33 bits per heavy atom. The molecule has 6 heteroatoms. The van der Waals surface area contributed by atoms with Crippen LogP contribution in [-0.2, 0) is 0 Å². The Morgan fingerprint density at radius 3 is 2.80 bits per heavy atom. The normalized spacial score (nSPS) is 11.9. The summed E-state index contributed by atoms with van der Waals surface area (Å²) in [5.74, 6) is -0.289. The van der Waals surface area contributed by atoms with E-state index in [-0.39, 0.29) is 16.9 Å². The number of nitrogens with zero attached hydrogens (tertiary/aromatic N) is 1. The fourth-order valence-electron chi connectivity index (χ4n) is 0.852. The first-order valence-corrected chi connectivity index (χ1v) is 5.42. The standard InChI is InChI=1S/C9H10BrN3OS/c1-5(8(11)15)13-9(14)7-3-2-6(10)4-12-7/h2-5H,1H3,(H2,11,15)(H,13,14). The predicted molar refractivity (Wildman–Crippen MR) is 65.7 cm³/mol. The third-order valence-electron chi connectivity index (χ3n) is 1.73. The molecule has 1 heterocycles. The van der Waals surface area contributed by atoms with E-state index in [0.717, 1.165) is 4.47 Å². The van der Waals surface area contributed by atoms with Crippen molar-refractivity contribution in [3.63, 3.8) is 0 Å². The Hall–Kier alpha value is -1.01. The molecule has 3 N–H and O–H groups in total. The number of hydrogen-bond donors (Lipinski definition) is 2. The number of carbonyl (C=O) groups excluding carboxylic acids is 1. The zero-order valence-electron chi connectivity index (χ0n) is 8.03. The van der Waals surface area contributed by atoms with Crippen molar-refractivity contribution in [1.82, 2.24) is 10.3 Å². The first kappa shape index (κ1) is 12.1. The highest BCUT2D eigenvalue weighted by Crippen LogP contribution is 2.07. The molecule has 0 aliphatic rings. The summed E-state index contributed by atoms with van der Waals surface area (Å²) < 4.78 is 0.821. The molecular weight excluding hydrogens is 278 g/mol. The molecule has 80 valence electrons. The minimum Gasteiger partial charge on any atom is -0.392 e. The fourth-order valence-corrected chi connectivity index (χ4v) is 1.15. The number of aromatic nitrogens is 1. The van der Waals surface area contributed by atoms with Gasteiger partial charge in [0.1, 0.15) is 5.69 Å². The van der Waals surface area contributed by atoms with Crippen molar-refractivity contribution in [2.75, 3.05) is 0 Å². The quantitative estimate of drug-likeness (QED) is 0.821. The third kappa shape index (κ3) is 3.56. The molecule has 0 spiro atoms. The summed E-state index contributed by atoms with van der Waals surface area (Å²) in [5, 5.41) is 2.63. The molecule has 1 unspecified atom stereocenters. The van der Waals surface area contributed by atoms with E-state index in [1.165, 1.54) is 0 Å². The van der Waals surface area contributed by atoms with Gasteiger partial charge in [0, 0.05) is 10.7 Å². The summed E-state index contributed by atoms with van der Waals surface area (Å²) in [7, 11) is 0. The highest BCUT2D eigenvalue weighted by molar-refractivity contribution is 9.10. The molecular formula is C9H10BrN3OS. The maximum Gasteiger partial charge on any atom is 0.270 e. The van der Waals surface area contributed by atoms with Crippen LogP contribution in [0.15, 0.2) is 22.8 Å². The van der Waals surface area contributed by atoms with Crippen LogP contribution in [0.5, 0.6) is 0 Å². The summed E-state index contributed by atoms with van der Waals surface area (Å²) in [5.41, 5.74) is 5.71. The van der Waals surface area contributed by atoms with Crippen molar-refractivity contribution in [1.29, 1.82) is 0 Å². The second kappa shape index (κ2) is 5.18. The van der Waals surface area contributed by atoms with Gasteiger partial charge in [-0.25, -0.2) is 4.98 Å². The van der Waals surface area contributed by atoms with Crippen LogP contribution in [0, 0.1) is 0 Å². The molecule has 0 saturated heterocycles. The number of pyridine rings is 1. The Morgan fingerprint density at radius 1 is 1.67 bits per heavy atom. The van der Waals surface area contributed by atoms with Crippen molar-refractivity contribution in [2.45, 2.75) is 13.0 Å². The van der Waals surface area contributed by atoms with Crippen molar-refractivity contribution in [3.8, 4) is 0 Å². The number of rotatable bonds is 3. The van der Waals surface area contributed by atoms with Gasteiger partial charge in [-0.2, -0.15) is 0 Å². The Bertz CT molecular complexity index is 379. The van der Waals surface area contributed by atoms with Crippen LogP contribution in [0.25, 0.3) is 0 Å². The number of nitrogens with two attached hydrogens (primary N) is 1. The average Bonchev–Trinajstić information content (AvgIpc) is 2.18. The van der Waals surface area contributed by atoms with Crippen LogP contribution >= 0.6 is 28.1 Å². The molecule has 0 aromatic carbocycles. The van der Waals surface area contributed by atoms with Crippen LogP contribution in [0.1, 0.15) is 17.4 Å². The Labute approximate surface area is 101 Å².